The molecule has 0 saturated carbocycles. The lowest BCUT2D eigenvalue weighted by Crippen LogP contribution is -2.22. The van der Waals surface area contributed by atoms with Gasteiger partial charge in [-0.3, -0.25) is 0 Å². The molecule has 0 unspecified atom stereocenters. The highest BCUT2D eigenvalue weighted by molar-refractivity contribution is 5.76. The van der Waals surface area contributed by atoms with Crippen LogP contribution in [0.5, 0.6) is 5.75 Å². The predicted molar refractivity (Wildman–Crippen MR) is 43.7 cm³/mol. The number of ether oxygens (including phenoxy) is 1. The van der Waals surface area contributed by atoms with Gasteiger partial charge in [-0.1, -0.05) is 0 Å². The number of halogens is 1. The van der Waals surface area contributed by atoms with Crippen LogP contribution in [0.1, 0.15) is 6.92 Å². The number of benzene rings is 1. The van der Waals surface area contributed by atoms with E-state index < -0.39 is 17.9 Å². The molecule has 0 aromatic heterocycles. The van der Waals surface area contributed by atoms with Crippen LogP contribution >= 0.6 is 0 Å². The molecule has 0 heterocycles. The minimum Gasteiger partial charge on any atom is -0.425 e. The second-order valence-corrected chi connectivity index (χ2v) is 2.55. The fourth-order valence-electron chi connectivity index (χ4n) is 0.704. The molecule has 0 radical (unpaired) electrons. The summed E-state index contributed by atoms with van der Waals surface area (Å²) in [5.74, 6) is -0.948. The van der Waals surface area contributed by atoms with Crippen LogP contribution in [0.3, 0.4) is 0 Å². The number of hydrogen-bond acceptors (Lipinski definition) is 3. The number of rotatable bonds is 2. The normalized spacial score (nSPS) is 12.2. The van der Waals surface area contributed by atoms with Gasteiger partial charge in [-0.2, -0.15) is 0 Å². The molecule has 1 aromatic carbocycles. The maximum absolute atomic E-state index is 12.4. The van der Waals surface area contributed by atoms with Crippen LogP contribution in [0.4, 0.5) is 4.39 Å². The Morgan fingerprint density at radius 1 is 1.46 bits per heavy atom. The Bertz CT molecular complexity index is 292. The summed E-state index contributed by atoms with van der Waals surface area (Å²) in [6.45, 7) is 1.30. The fraction of sp³-hybridized carbons (Fsp3) is 0.222. The van der Waals surface area contributed by atoms with Gasteiger partial charge < -0.3 is 9.84 Å². The van der Waals surface area contributed by atoms with Gasteiger partial charge in [0.1, 0.15) is 17.7 Å². The molecule has 1 rings (SSSR count). The molecule has 0 saturated heterocycles. The number of hydrogen-bond donors (Lipinski definition) is 1. The smallest absolute Gasteiger partial charge is 0.340 e. The van der Waals surface area contributed by atoms with E-state index >= 15 is 0 Å². The summed E-state index contributed by atoms with van der Waals surface area (Å²) in [5.41, 5.74) is 0. The van der Waals surface area contributed by atoms with Gasteiger partial charge in [0.25, 0.3) is 0 Å². The molecule has 1 atom stereocenters. The highest BCUT2D eigenvalue weighted by Crippen LogP contribution is 2.11. The van der Waals surface area contributed by atoms with Crippen molar-refractivity contribution in [1.82, 2.24) is 0 Å². The van der Waals surface area contributed by atoms with Gasteiger partial charge in [0, 0.05) is 0 Å². The average Bonchev–Trinajstić information content (AvgIpc) is 2.08. The largest absolute Gasteiger partial charge is 0.425 e. The fourth-order valence-corrected chi connectivity index (χ4v) is 0.704. The Morgan fingerprint density at radius 2 is 2.00 bits per heavy atom. The van der Waals surface area contributed by atoms with Gasteiger partial charge in [-0.25, -0.2) is 9.18 Å². The molecule has 13 heavy (non-hydrogen) atoms. The molecule has 4 heteroatoms. The minimum atomic E-state index is -1.18. The molecule has 0 aliphatic heterocycles. The summed E-state index contributed by atoms with van der Waals surface area (Å²) < 4.78 is 17.1. The van der Waals surface area contributed by atoms with Crippen LogP contribution in [0, 0.1) is 5.82 Å². The molecular weight excluding hydrogens is 175 g/mol. The molecule has 0 bridgehead atoms. The van der Waals surface area contributed by atoms with Crippen LogP contribution < -0.4 is 4.74 Å². The first-order valence-electron chi connectivity index (χ1n) is 3.75. The van der Waals surface area contributed by atoms with E-state index in [-0.39, 0.29) is 5.75 Å². The Hall–Kier alpha value is -1.42. The van der Waals surface area contributed by atoms with Gasteiger partial charge in [-0.05, 0) is 31.2 Å². The molecule has 0 spiro atoms. The summed E-state index contributed by atoms with van der Waals surface area (Å²) in [7, 11) is 0. The summed E-state index contributed by atoms with van der Waals surface area (Å²) in [4.78, 5) is 10.8. The van der Waals surface area contributed by atoms with Crippen molar-refractivity contribution in [3.05, 3.63) is 30.1 Å². The first-order chi connectivity index (χ1) is 6.09. The van der Waals surface area contributed by atoms with Crippen molar-refractivity contribution in [2.45, 2.75) is 13.0 Å². The standard InChI is InChI=1S/C9H9FO3/c1-6(11)9(12)13-8-4-2-7(10)3-5-8/h2-6,11H,1H3/t6-/m0/s1. The second kappa shape index (κ2) is 4.00. The zero-order valence-corrected chi connectivity index (χ0v) is 7.03. The molecule has 70 valence electrons. The summed E-state index contributed by atoms with van der Waals surface area (Å²) >= 11 is 0. The van der Waals surface area contributed by atoms with Crippen LogP contribution in [-0.4, -0.2) is 17.2 Å². The Labute approximate surface area is 74.8 Å². The summed E-state index contributed by atoms with van der Waals surface area (Å²) in [5, 5.41) is 8.79. The topological polar surface area (TPSA) is 46.5 Å². The van der Waals surface area contributed by atoms with Crippen molar-refractivity contribution < 1.29 is 19.0 Å². The molecule has 1 N–H and O–H groups in total. The van der Waals surface area contributed by atoms with Crippen molar-refractivity contribution in [3.8, 4) is 5.75 Å². The maximum atomic E-state index is 12.4. The summed E-state index contributed by atoms with van der Waals surface area (Å²) in [6.07, 6.45) is -1.18. The quantitative estimate of drug-likeness (QED) is 0.553. The monoisotopic (exact) mass is 184 g/mol. The van der Waals surface area contributed by atoms with Crippen molar-refractivity contribution in [2.24, 2.45) is 0 Å². The van der Waals surface area contributed by atoms with Crippen LogP contribution in [0.15, 0.2) is 24.3 Å². The SMILES string of the molecule is C[C@H](O)C(=O)Oc1ccc(F)cc1. The number of carbonyl (C=O) groups excluding carboxylic acids is 1. The van der Waals surface area contributed by atoms with E-state index in [2.05, 4.69) is 4.74 Å². The third-order valence-corrected chi connectivity index (χ3v) is 1.37. The van der Waals surface area contributed by atoms with E-state index in [9.17, 15) is 9.18 Å². The van der Waals surface area contributed by atoms with Gasteiger partial charge in [-0.15, -0.1) is 0 Å². The average molecular weight is 184 g/mol. The van der Waals surface area contributed by atoms with E-state index in [0.29, 0.717) is 0 Å². The van der Waals surface area contributed by atoms with E-state index in [1.54, 1.807) is 0 Å². The van der Waals surface area contributed by atoms with Crippen LogP contribution in [-0.2, 0) is 4.79 Å². The van der Waals surface area contributed by atoms with Crippen LogP contribution in [0.25, 0.3) is 0 Å². The Balaban J connectivity index is 2.65. The van der Waals surface area contributed by atoms with E-state index in [4.69, 9.17) is 5.11 Å². The third kappa shape index (κ3) is 2.83. The molecule has 0 aliphatic rings. The highest BCUT2D eigenvalue weighted by Gasteiger charge is 2.10. The third-order valence-electron chi connectivity index (χ3n) is 1.37. The molecular formula is C9H9FO3. The second-order valence-electron chi connectivity index (χ2n) is 2.55. The number of esters is 1. The van der Waals surface area contributed by atoms with Crippen molar-refractivity contribution in [2.75, 3.05) is 0 Å². The lowest BCUT2D eigenvalue weighted by Gasteiger charge is -2.04. The molecule has 1 aromatic rings. The van der Waals surface area contributed by atoms with E-state index in [1.165, 1.54) is 31.2 Å². The van der Waals surface area contributed by atoms with Gasteiger partial charge in [0.2, 0.25) is 0 Å². The van der Waals surface area contributed by atoms with Crippen molar-refractivity contribution in [3.63, 3.8) is 0 Å². The molecule has 0 aliphatic carbocycles. The van der Waals surface area contributed by atoms with Crippen molar-refractivity contribution in [1.29, 1.82) is 0 Å². The Morgan fingerprint density at radius 3 is 2.46 bits per heavy atom. The maximum Gasteiger partial charge on any atom is 0.340 e. The number of aliphatic hydroxyl groups is 1. The first kappa shape index (κ1) is 9.67. The molecule has 3 nitrogen and oxygen atoms in total. The highest BCUT2D eigenvalue weighted by atomic mass is 19.1. The van der Waals surface area contributed by atoms with Gasteiger partial charge in [0.05, 0.1) is 0 Å². The number of carbonyl (C=O) groups is 1. The molecule has 0 fully saturated rings. The van der Waals surface area contributed by atoms with Gasteiger partial charge in [0.15, 0.2) is 0 Å². The summed E-state index contributed by atoms with van der Waals surface area (Å²) in [6, 6.07) is 4.97. The molecule has 0 amide bonds. The lowest BCUT2D eigenvalue weighted by atomic mass is 10.3. The van der Waals surface area contributed by atoms with Crippen LogP contribution in [0.2, 0.25) is 0 Å². The van der Waals surface area contributed by atoms with Gasteiger partial charge >= 0.3 is 5.97 Å². The lowest BCUT2D eigenvalue weighted by molar-refractivity contribution is -0.142. The van der Waals surface area contributed by atoms with Crippen molar-refractivity contribution >= 4 is 5.97 Å². The first-order valence-corrected chi connectivity index (χ1v) is 3.75. The minimum absolute atomic E-state index is 0.215. The Kier molecular flexibility index (Phi) is 2.97. The zero-order valence-electron chi connectivity index (χ0n) is 7.03. The zero-order chi connectivity index (χ0) is 9.84. The predicted octanol–water partition coefficient (Wildman–Crippen LogP) is 1.11. The van der Waals surface area contributed by atoms with E-state index in [1.807, 2.05) is 0 Å². The number of aliphatic hydroxyl groups excluding tert-OH is 1. The van der Waals surface area contributed by atoms with E-state index in [0.717, 1.165) is 0 Å².